The molecular formula is C18H17F3N2O2. The fourth-order valence-corrected chi connectivity index (χ4v) is 2.87. The predicted molar refractivity (Wildman–Crippen MR) is 86.8 cm³/mol. The Bertz CT molecular complexity index is 788. The van der Waals surface area contributed by atoms with Gasteiger partial charge in [0.05, 0.1) is 24.9 Å². The highest BCUT2D eigenvalue weighted by atomic mass is 19.4. The number of rotatable bonds is 4. The van der Waals surface area contributed by atoms with Crippen LogP contribution in [0.3, 0.4) is 0 Å². The molecule has 1 aliphatic carbocycles. The van der Waals surface area contributed by atoms with Gasteiger partial charge >= 0.3 is 6.18 Å². The molecule has 2 atom stereocenters. The van der Waals surface area contributed by atoms with Crippen molar-refractivity contribution in [1.82, 2.24) is 4.98 Å². The SMILES string of the molecule is COc1ccc(NC(=O)c2ccc(C3CC3C(F)(F)F)cc2C)cn1. The normalized spacial score (nSPS) is 19.4. The Labute approximate surface area is 143 Å². The Morgan fingerprint density at radius 3 is 2.56 bits per heavy atom. The van der Waals surface area contributed by atoms with Crippen LogP contribution in [0.25, 0.3) is 0 Å². The molecule has 1 aliphatic rings. The molecule has 0 saturated heterocycles. The van der Waals surface area contributed by atoms with Gasteiger partial charge in [0, 0.05) is 11.6 Å². The number of nitrogens with one attached hydrogen (secondary N) is 1. The molecule has 1 amide bonds. The van der Waals surface area contributed by atoms with Crippen LogP contribution in [-0.4, -0.2) is 24.2 Å². The van der Waals surface area contributed by atoms with E-state index in [1.807, 2.05) is 0 Å². The van der Waals surface area contributed by atoms with Crippen molar-refractivity contribution in [2.24, 2.45) is 5.92 Å². The Morgan fingerprint density at radius 1 is 1.28 bits per heavy atom. The molecule has 0 aliphatic heterocycles. The smallest absolute Gasteiger partial charge is 0.392 e. The molecule has 1 N–H and O–H groups in total. The zero-order valence-corrected chi connectivity index (χ0v) is 13.7. The van der Waals surface area contributed by atoms with Crippen LogP contribution in [0.1, 0.15) is 33.8 Å². The van der Waals surface area contributed by atoms with Gasteiger partial charge in [0.25, 0.3) is 5.91 Å². The van der Waals surface area contributed by atoms with Gasteiger partial charge in [-0.1, -0.05) is 12.1 Å². The zero-order valence-electron chi connectivity index (χ0n) is 13.7. The molecule has 1 aromatic carbocycles. The van der Waals surface area contributed by atoms with Crippen LogP contribution in [0.5, 0.6) is 5.88 Å². The summed E-state index contributed by atoms with van der Waals surface area (Å²) >= 11 is 0. The third-order valence-electron chi connectivity index (χ3n) is 4.34. The van der Waals surface area contributed by atoms with E-state index < -0.39 is 18.0 Å². The maximum atomic E-state index is 12.7. The second-order valence-electron chi connectivity index (χ2n) is 6.11. The van der Waals surface area contributed by atoms with Gasteiger partial charge in [0.15, 0.2) is 0 Å². The number of hydrogen-bond donors (Lipinski definition) is 1. The molecule has 25 heavy (non-hydrogen) atoms. The number of aryl methyl sites for hydroxylation is 1. The largest absolute Gasteiger partial charge is 0.481 e. The summed E-state index contributed by atoms with van der Waals surface area (Å²) in [4.78, 5) is 16.4. The van der Waals surface area contributed by atoms with Crippen LogP contribution in [0.2, 0.25) is 0 Å². The van der Waals surface area contributed by atoms with E-state index in [1.165, 1.54) is 13.3 Å². The molecule has 0 bridgehead atoms. The number of nitrogens with zero attached hydrogens (tertiary/aromatic N) is 1. The fraction of sp³-hybridized carbons (Fsp3) is 0.333. The van der Waals surface area contributed by atoms with Crippen LogP contribution in [-0.2, 0) is 0 Å². The van der Waals surface area contributed by atoms with E-state index in [1.54, 1.807) is 37.3 Å². The van der Waals surface area contributed by atoms with Crippen molar-refractivity contribution >= 4 is 11.6 Å². The Kier molecular flexibility index (Phi) is 4.41. The summed E-state index contributed by atoms with van der Waals surface area (Å²) in [5.41, 5.74) is 2.20. The topological polar surface area (TPSA) is 51.2 Å². The second kappa shape index (κ2) is 6.38. The van der Waals surface area contributed by atoms with Gasteiger partial charge in [0.1, 0.15) is 0 Å². The molecule has 2 unspecified atom stereocenters. The lowest BCUT2D eigenvalue weighted by atomic mass is 10.0. The summed E-state index contributed by atoms with van der Waals surface area (Å²) in [7, 11) is 1.49. The average Bonchev–Trinajstić information content (AvgIpc) is 3.36. The first kappa shape index (κ1) is 17.3. The molecule has 1 saturated carbocycles. The quantitative estimate of drug-likeness (QED) is 0.894. The van der Waals surface area contributed by atoms with E-state index in [0.717, 1.165) is 0 Å². The lowest BCUT2D eigenvalue weighted by molar-refractivity contribution is -0.148. The molecular weight excluding hydrogens is 333 g/mol. The van der Waals surface area contributed by atoms with Crippen molar-refractivity contribution in [3.63, 3.8) is 0 Å². The summed E-state index contributed by atoms with van der Waals surface area (Å²) < 4.78 is 43.1. The average molecular weight is 350 g/mol. The van der Waals surface area contributed by atoms with Crippen molar-refractivity contribution in [3.8, 4) is 5.88 Å². The summed E-state index contributed by atoms with van der Waals surface area (Å²) in [6.45, 7) is 1.72. The van der Waals surface area contributed by atoms with Crippen molar-refractivity contribution in [1.29, 1.82) is 0 Å². The zero-order chi connectivity index (χ0) is 18.2. The van der Waals surface area contributed by atoms with Crippen LogP contribution >= 0.6 is 0 Å². The maximum Gasteiger partial charge on any atom is 0.392 e. The Balaban J connectivity index is 1.71. The molecule has 2 aromatic rings. The van der Waals surface area contributed by atoms with Gasteiger partial charge in [-0.05, 0) is 42.5 Å². The number of halogens is 3. The molecule has 1 aromatic heterocycles. The van der Waals surface area contributed by atoms with Gasteiger partial charge in [0.2, 0.25) is 5.88 Å². The first-order valence-corrected chi connectivity index (χ1v) is 7.78. The highest BCUT2D eigenvalue weighted by molar-refractivity contribution is 6.05. The third kappa shape index (κ3) is 3.75. The number of alkyl halides is 3. The van der Waals surface area contributed by atoms with Crippen molar-refractivity contribution in [2.45, 2.75) is 25.4 Å². The minimum absolute atomic E-state index is 0.117. The highest BCUT2D eigenvalue weighted by Gasteiger charge is 2.56. The highest BCUT2D eigenvalue weighted by Crippen LogP contribution is 2.56. The molecule has 7 heteroatoms. The van der Waals surface area contributed by atoms with Crippen molar-refractivity contribution in [2.75, 3.05) is 12.4 Å². The number of pyridine rings is 1. The number of ether oxygens (including phenoxy) is 1. The summed E-state index contributed by atoms with van der Waals surface area (Å²) in [6, 6.07) is 8.12. The molecule has 0 radical (unpaired) electrons. The standard InChI is InChI=1S/C18H17F3N2O2/c1-10-7-11(14-8-15(14)18(19,20)21)3-5-13(10)17(24)23-12-4-6-16(25-2)22-9-12/h3-7,9,14-15H,8H2,1-2H3,(H,23,24). The fourth-order valence-electron chi connectivity index (χ4n) is 2.87. The molecule has 3 rings (SSSR count). The monoisotopic (exact) mass is 350 g/mol. The lowest BCUT2D eigenvalue weighted by Crippen LogP contribution is -2.14. The lowest BCUT2D eigenvalue weighted by Gasteiger charge is -2.10. The van der Waals surface area contributed by atoms with Crippen LogP contribution in [0.4, 0.5) is 18.9 Å². The predicted octanol–water partition coefficient (Wildman–Crippen LogP) is 4.32. The van der Waals surface area contributed by atoms with Crippen molar-refractivity contribution in [3.05, 3.63) is 53.2 Å². The van der Waals surface area contributed by atoms with Gasteiger partial charge in [-0.2, -0.15) is 13.2 Å². The minimum atomic E-state index is -4.16. The van der Waals surface area contributed by atoms with E-state index in [2.05, 4.69) is 10.3 Å². The van der Waals surface area contributed by atoms with E-state index >= 15 is 0 Å². The number of hydrogen-bond acceptors (Lipinski definition) is 3. The molecule has 1 heterocycles. The number of aromatic nitrogens is 1. The van der Waals surface area contributed by atoms with E-state index in [9.17, 15) is 18.0 Å². The molecule has 0 spiro atoms. The van der Waals surface area contributed by atoms with Crippen LogP contribution in [0.15, 0.2) is 36.5 Å². The molecule has 4 nitrogen and oxygen atoms in total. The summed E-state index contributed by atoms with van der Waals surface area (Å²) in [5, 5.41) is 2.71. The summed E-state index contributed by atoms with van der Waals surface area (Å²) in [6.07, 6.45) is -2.57. The Hall–Kier alpha value is -2.57. The molecule has 1 fully saturated rings. The first-order valence-electron chi connectivity index (χ1n) is 7.78. The minimum Gasteiger partial charge on any atom is -0.481 e. The first-order chi connectivity index (χ1) is 11.8. The summed E-state index contributed by atoms with van der Waals surface area (Å²) in [5.74, 6) is -1.67. The van der Waals surface area contributed by atoms with Crippen LogP contribution < -0.4 is 10.1 Å². The number of methoxy groups -OCH3 is 1. The number of carbonyl (C=O) groups excluding carboxylic acids is 1. The number of anilines is 1. The maximum absolute atomic E-state index is 12.7. The molecule has 132 valence electrons. The van der Waals surface area contributed by atoms with Gasteiger partial charge in [-0.25, -0.2) is 4.98 Å². The Morgan fingerprint density at radius 2 is 2.04 bits per heavy atom. The van der Waals surface area contributed by atoms with Gasteiger partial charge in [-0.3, -0.25) is 4.79 Å². The van der Waals surface area contributed by atoms with E-state index in [0.29, 0.717) is 28.3 Å². The number of carbonyl (C=O) groups is 1. The third-order valence-corrected chi connectivity index (χ3v) is 4.34. The van der Waals surface area contributed by atoms with E-state index in [-0.39, 0.29) is 12.3 Å². The van der Waals surface area contributed by atoms with E-state index in [4.69, 9.17) is 4.74 Å². The number of benzene rings is 1. The van der Waals surface area contributed by atoms with Gasteiger partial charge < -0.3 is 10.1 Å². The number of amides is 1. The second-order valence-corrected chi connectivity index (χ2v) is 6.11. The van der Waals surface area contributed by atoms with Crippen LogP contribution in [0, 0.1) is 12.8 Å². The van der Waals surface area contributed by atoms with Gasteiger partial charge in [-0.15, -0.1) is 0 Å². The van der Waals surface area contributed by atoms with Crippen molar-refractivity contribution < 1.29 is 22.7 Å².